The van der Waals surface area contributed by atoms with Crippen molar-refractivity contribution in [2.45, 2.75) is 51.1 Å². The molecule has 0 N–H and O–H groups in total. The van der Waals surface area contributed by atoms with Gasteiger partial charge in [0.25, 0.3) is 0 Å². The first-order valence-corrected chi connectivity index (χ1v) is 9.90. The second-order valence-corrected chi connectivity index (χ2v) is 8.39. The van der Waals surface area contributed by atoms with Crippen LogP contribution in [0.2, 0.25) is 0 Å². The van der Waals surface area contributed by atoms with Crippen molar-refractivity contribution in [3.05, 3.63) is 36.0 Å². The summed E-state index contributed by atoms with van der Waals surface area (Å²) < 4.78 is 21.9. The van der Waals surface area contributed by atoms with Gasteiger partial charge in [0.2, 0.25) is 0 Å². The monoisotopic (exact) mass is 416 g/mol. The predicted octanol–water partition coefficient (Wildman–Crippen LogP) is 1.44. The summed E-state index contributed by atoms with van der Waals surface area (Å²) in [6.45, 7) is 12.3. The summed E-state index contributed by atoms with van der Waals surface area (Å²) in [6, 6.07) is 0. The van der Waals surface area contributed by atoms with E-state index in [-0.39, 0.29) is 35.7 Å². The van der Waals surface area contributed by atoms with Gasteiger partial charge in [0.15, 0.2) is 11.9 Å². The summed E-state index contributed by atoms with van der Waals surface area (Å²) in [5.41, 5.74) is 0.00661. The summed E-state index contributed by atoms with van der Waals surface area (Å²) in [4.78, 5) is 49.5. The average Bonchev–Trinajstić information content (AvgIpc) is 3.15. The van der Waals surface area contributed by atoms with Crippen LogP contribution in [-0.4, -0.2) is 54.2 Å². The highest BCUT2D eigenvalue weighted by molar-refractivity contribution is 6.04. The molecule has 8 heteroatoms. The van der Waals surface area contributed by atoms with E-state index in [1.54, 1.807) is 6.92 Å². The molecular formula is C22H24O8. The molecule has 4 aliphatic rings. The molecule has 0 amide bonds. The van der Waals surface area contributed by atoms with Gasteiger partial charge >= 0.3 is 17.9 Å². The zero-order valence-electron chi connectivity index (χ0n) is 17.1. The zero-order chi connectivity index (χ0) is 22.0. The Morgan fingerprint density at radius 2 is 1.97 bits per heavy atom. The highest BCUT2D eigenvalue weighted by atomic mass is 16.6. The molecule has 7 unspecified atom stereocenters. The van der Waals surface area contributed by atoms with Gasteiger partial charge in [-0.15, -0.1) is 0 Å². The first-order chi connectivity index (χ1) is 14.1. The first-order valence-electron chi connectivity index (χ1n) is 9.90. The number of hydrogen-bond donors (Lipinski definition) is 0. The highest BCUT2D eigenvalue weighted by Crippen LogP contribution is 2.63. The average molecular weight is 416 g/mol. The third-order valence-electron chi connectivity index (χ3n) is 6.78. The van der Waals surface area contributed by atoms with Gasteiger partial charge in [0.1, 0.15) is 12.7 Å². The second-order valence-electron chi connectivity index (χ2n) is 8.39. The van der Waals surface area contributed by atoms with Crippen LogP contribution >= 0.6 is 0 Å². The maximum absolute atomic E-state index is 13.3. The predicted molar refractivity (Wildman–Crippen MR) is 102 cm³/mol. The Labute approximate surface area is 173 Å². The van der Waals surface area contributed by atoms with Gasteiger partial charge in [0, 0.05) is 18.4 Å². The molecule has 7 atom stereocenters. The minimum atomic E-state index is -1.30. The lowest BCUT2D eigenvalue weighted by molar-refractivity contribution is -0.155. The van der Waals surface area contributed by atoms with Crippen molar-refractivity contribution < 1.29 is 38.1 Å². The van der Waals surface area contributed by atoms with E-state index < -0.39 is 47.4 Å². The molecule has 4 fully saturated rings. The molecule has 2 heterocycles. The normalized spacial score (nSPS) is 39.5. The molecule has 4 rings (SSSR count). The van der Waals surface area contributed by atoms with Crippen molar-refractivity contribution in [1.29, 1.82) is 0 Å². The van der Waals surface area contributed by atoms with Crippen molar-refractivity contribution in [2.24, 2.45) is 17.8 Å². The van der Waals surface area contributed by atoms with Gasteiger partial charge in [-0.1, -0.05) is 19.2 Å². The number of epoxide rings is 1. The first kappa shape index (κ1) is 20.5. The van der Waals surface area contributed by atoms with E-state index in [1.807, 2.05) is 6.92 Å². The SMILES string of the molecule is C=C1C(=O)C(OC(=O)C(=CC)COC(C)=O)C2C(=C)C(=O)OC2C2C1CC1OC12C. The molecule has 0 spiro atoms. The van der Waals surface area contributed by atoms with Crippen LogP contribution in [0.3, 0.4) is 0 Å². The lowest BCUT2D eigenvalue weighted by Gasteiger charge is -2.30. The number of carbonyl (C=O) groups excluding carboxylic acids is 4. The Kier molecular flexibility index (Phi) is 4.73. The van der Waals surface area contributed by atoms with Crippen LogP contribution in [0, 0.1) is 17.8 Å². The summed E-state index contributed by atoms with van der Waals surface area (Å²) in [6.07, 6.45) is 0.0421. The van der Waals surface area contributed by atoms with E-state index in [2.05, 4.69) is 13.2 Å². The number of hydrogen-bond acceptors (Lipinski definition) is 8. The molecular weight excluding hydrogens is 392 g/mol. The molecule has 8 nitrogen and oxygen atoms in total. The summed E-state index contributed by atoms with van der Waals surface area (Å²) in [7, 11) is 0. The molecule has 0 bridgehead atoms. The molecule has 30 heavy (non-hydrogen) atoms. The smallest absolute Gasteiger partial charge is 0.337 e. The Balaban J connectivity index is 1.65. The summed E-state index contributed by atoms with van der Waals surface area (Å²) in [5, 5.41) is 0. The van der Waals surface area contributed by atoms with Crippen LogP contribution < -0.4 is 0 Å². The quantitative estimate of drug-likeness (QED) is 0.293. The standard InChI is InChI=1S/C22H24O8/c1-6-12(8-27-11(4)23)21(26)29-19-15-10(3)20(25)28-18(15)16-13(9(2)17(19)24)7-14-22(16,5)30-14/h6,13-16,18-19H,2-3,7-8H2,1,4-5H3. The number of Topliss-reactive ketones (excluding diaryl/α,β-unsaturated/α-hetero) is 1. The minimum absolute atomic E-state index is 0.0114. The van der Waals surface area contributed by atoms with E-state index in [0.717, 1.165) is 0 Å². The number of ether oxygens (including phenoxy) is 4. The molecule has 0 aromatic carbocycles. The van der Waals surface area contributed by atoms with Gasteiger partial charge < -0.3 is 18.9 Å². The fourth-order valence-corrected chi connectivity index (χ4v) is 5.08. The third kappa shape index (κ3) is 2.93. The zero-order valence-corrected chi connectivity index (χ0v) is 17.1. The van der Waals surface area contributed by atoms with E-state index in [4.69, 9.17) is 18.9 Å². The topological polar surface area (TPSA) is 109 Å². The number of carbonyl (C=O) groups is 4. The van der Waals surface area contributed by atoms with Gasteiger partial charge in [0.05, 0.1) is 23.2 Å². The molecule has 0 radical (unpaired) electrons. The number of ketones is 1. The molecule has 160 valence electrons. The van der Waals surface area contributed by atoms with Crippen LogP contribution in [0.15, 0.2) is 36.0 Å². The number of rotatable bonds is 4. The molecule has 2 aliphatic carbocycles. The molecule has 2 aliphatic heterocycles. The van der Waals surface area contributed by atoms with Crippen molar-refractivity contribution in [3.63, 3.8) is 0 Å². The van der Waals surface area contributed by atoms with E-state index >= 15 is 0 Å². The molecule has 0 aromatic heterocycles. The van der Waals surface area contributed by atoms with Crippen molar-refractivity contribution >= 4 is 23.7 Å². The van der Waals surface area contributed by atoms with Crippen LogP contribution in [0.1, 0.15) is 27.2 Å². The fraction of sp³-hybridized carbons (Fsp3) is 0.545. The maximum Gasteiger partial charge on any atom is 0.337 e. The number of fused-ring (bicyclic) bond motifs is 5. The van der Waals surface area contributed by atoms with Crippen molar-refractivity contribution in [2.75, 3.05) is 6.61 Å². The highest BCUT2D eigenvalue weighted by Gasteiger charge is 2.73. The number of esters is 3. The van der Waals surface area contributed by atoms with Gasteiger partial charge in [-0.3, -0.25) is 9.59 Å². The lowest BCUT2D eigenvalue weighted by Crippen LogP contribution is -2.42. The summed E-state index contributed by atoms with van der Waals surface area (Å²) >= 11 is 0. The molecule has 0 aromatic rings. The van der Waals surface area contributed by atoms with Gasteiger partial charge in [-0.05, 0) is 31.8 Å². The molecule has 2 saturated carbocycles. The van der Waals surface area contributed by atoms with Gasteiger partial charge in [-0.2, -0.15) is 0 Å². The molecule has 2 saturated heterocycles. The lowest BCUT2D eigenvalue weighted by atomic mass is 9.78. The fourth-order valence-electron chi connectivity index (χ4n) is 5.08. The van der Waals surface area contributed by atoms with Gasteiger partial charge in [-0.25, -0.2) is 9.59 Å². The second kappa shape index (κ2) is 6.91. The van der Waals surface area contributed by atoms with E-state index in [1.165, 1.54) is 13.0 Å². The largest absolute Gasteiger partial charge is 0.461 e. The van der Waals surface area contributed by atoms with Crippen LogP contribution in [-0.2, 0) is 38.1 Å². The minimum Gasteiger partial charge on any atom is -0.461 e. The maximum atomic E-state index is 13.3. The summed E-state index contributed by atoms with van der Waals surface area (Å²) in [5.74, 6) is -3.73. The van der Waals surface area contributed by atoms with Crippen molar-refractivity contribution in [1.82, 2.24) is 0 Å². The Morgan fingerprint density at radius 1 is 1.27 bits per heavy atom. The Hall–Kier alpha value is -2.74. The van der Waals surface area contributed by atoms with E-state index in [0.29, 0.717) is 12.0 Å². The van der Waals surface area contributed by atoms with E-state index in [9.17, 15) is 19.2 Å². The van der Waals surface area contributed by atoms with Crippen LogP contribution in [0.4, 0.5) is 0 Å². The van der Waals surface area contributed by atoms with Crippen molar-refractivity contribution in [3.8, 4) is 0 Å². The Morgan fingerprint density at radius 3 is 2.60 bits per heavy atom. The third-order valence-corrected chi connectivity index (χ3v) is 6.78. The van der Waals surface area contributed by atoms with Crippen LogP contribution in [0.5, 0.6) is 0 Å². The number of allylic oxidation sites excluding steroid dienone is 1. The Bertz CT molecular complexity index is 914. The van der Waals surface area contributed by atoms with Crippen LogP contribution in [0.25, 0.3) is 0 Å².